The van der Waals surface area contributed by atoms with E-state index < -0.39 is 26.5 Å². The molecule has 6 heteroatoms. The first kappa shape index (κ1) is 16.1. The summed E-state index contributed by atoms with van der Waals surface area (Å²) in [7, 11) is -3.61. The summed E-state index contributed by atoms with van der Waals surface area (Å²) in [4.78, 5) is 0.237. The van der Waals surface area contributed by atoms with Crippen LogP contribution in [-0.4, -0.2) is 25.8 Å². The molecule has 1 saturated carbocycles. The Kier molecular flexibility index (Phi) is 3.78. The van der Waals surface area contributed by atoms with Crippen molar-refractivity contribution in [3.8, 4) is 0 Å². The second-order valence-electron chi connectivity index (χ2n) is 6.12. The molecule has 0 unspecified atom stereocenters. The number of hydrogen-bond donors (Lipinski definition) is 2. The van der Waals surface area contributed by atoms with Crippen molar-refractivity contribution in [1.82, 2.24) is 0 Å². The smallest absolute Gasteiger partial charge is 0.183 e. The van der Waals surface area contributed by atoms with E-state index in [1.807, 2.05) is 6.92 Å². The van der Waals surface area contributed by atoms with Crippen LogP contribution in [0.15, 0.2) is 53.4 Å². The highest BCUT2D eigenvalue weighted by Gasteiger charge is 2.68. The average Bonchev–Trinajstić information content (AvgIpc) is 3.16. The molecule has 2 aromatic carbocycles. The van der Waals surface area contributed by atoms with Gasteiger partial charge in [-0.2, -0.15) is 0 Å². The number of aryl methyl sites for hydroxylation is 1. The first-order valence-electron chi connectivity index (χ1n) is 7.35. The summed E-state index contributed by atoms with van der Waals surface area (Å²) in [6, 6.07) is 12.4. The van der Waals surface area contributed by atoms with Crippen molar-refractivity contribution in [3.05, 3.63) is 65.5 Å². The number of nitrogens with two attached hydrogens (primary N) is 2. The quantitative estimate of drug-likeness (QED) is 0.891. The maximum atomic E-state index is 13.1. The first-order valence-corrected chi connectivity index (χ1v) is 8.90. The maximum absolute atomic E-state index is 13.1. The summed E-state index contributed by atoms with van der Waals surface area (Å²) in [5.74, 6) is -0.804. The Morgan fingerprint density at radius 3 is 2.17 bits per heavy atom. The Morgan fingerprint density at radius 1 is 1.09 bits per heavy atom. The van der Waals surface area contributed by atoms with Gasteiger partial charge in [0.15, 0.2) is 9.84 Å². The van der Waals surface area contributed by atoms with Crippen molar-refractivity contribution in [1.29, 1.82) is 0 Å². The standard InChI is InChI=1S/C17H19FN2O2S/c1-11-2-8-14(9-3-11)23(21,22)16-15(17(16,20)10-19)12-4-6-13(18)7-5-12/h2-9,15-16H,10,19-20H2,1H3/t15-,16-,17-/m0/s1. The summed E-state index contributed by atoms with van der Waals surface area (Å²) in [5, 5.41) is -0.798. The zero-order valence-electron chi connectivity index (χ0n) is 12.7. The lowest BCUT2D eigenvalue weighted by Gasteiger charge is -2.09. The summed E-state index contributed by atoms with van der Waals surface area (Å²) < 4.78 is 38.9. The molecule has 23 heavy (non-hydrogen) atoms. The van der Waals surface area contributed by atoms with Gasteiger partial charge in [-0.1, -0.05) is 29.8 Å². The van der Waals surface area contributed by atoms with Crippen molar-refractivity contribution in [2.24, 2.45) is 11.5 Å². The van der Waals surface area contributed by atoms with Gasteiger partial charge in [0.2, 0.25) is 0 Å². The lowest BCUT2D eigenvalue weighted by atomic mass is 10.1. The molecule has 0 spiro atoms. The summed E-state index contributed by atoms with van der Waals surface area (Å²) in [6.07, 6.45) is 0. The lowest BCUT2D eigenvalue weighted by molar-refractivity contribution is 0.585. The predicted octanol–water partition coefficient (Wildman–Crippen LogP) is 1.73. The van der Waals surface area contributed by atoms with Crippen LogP contribution in [0, 0.1) is 12.7 Å². The Morgan fingerprint density at radius 2 is 1.65 bits per heavy atom. The molecule has 1 aliphatic rings. The summed E-state index contributed by atoms with van der Waals surface area (Å²) >= 11 is 0. The molecule has 4 N–H and O–H groups in total. The SMILES string of the molecule is Cc1ccc(S(=O)(=O)[C@H]2[C@H](c3ccc(F)cc3)[C@@]2(N)CN)cc1. The molecule has 3 rings (SSSR count). The first-order chi connectivity index (χ1) is 10.8. The second-order valence-corrected chi connectivity index (χ2v) is 8.19. The number of hydrogen-bond acceptors (Lipinski definition) is 4. The van der Waals surface area contributed by atoms with Gasteiger partial charge in [0.05, 0.1) is 15.7 Å². The zero-order valence-corrected chi connectivity index (χ0v) is 13.6. The minimum Gasteiger partial charge on any atom is -0.329 e. The van der Waals surface area contributed by atoms with Crippen LogP contribution in [0.5, 0.6) is 0 Å². The normalized spacial score (nSPS) is 27.0. The summed E-state index contributed by atoms with van der Waals surface area (Å²) in [6.45, 7) is 1.94. The molecule has 3 atom stereocenters. The van der Waals surface area contributed by atoms with Crippen LogP contribution in [-0.2, 0) is 9.84 Å². The van der Waals surface area contributed by atoms with Crippen molar-refractivity contribution in [3.63, 3.8) is 0 Å². The van der Waals surface area contributed by atoms with Gasteiger partial charge in [0.1, 0.15) is 5.82 Å². The van der Waals surface area contributed by atoms with Gasteiger partial charge in [0, 0.05) is 12.5 Å². The molecule has 0 bridgehead atoms. The molecule has 0 aliphatic heterocycles. The van der Waals surface area contributed by atoms with Crippen LogP contribution >= 0.6 is 0 Å². The van der Waals surface area contributed by atoms with Gasteiger partial charge in [-0.3, -0.25) is 0 Å². The monoisotopic (exact) mass is 334 g/mol. The largest absolute Gasteiger partial charge is 0.329 e. The minimum atomic E-state index is -3.61. The third kappa shape index (κ3) is 2.56. The van der Waals surface area contributed by atoms with Gasteiger partial charge >= 0.3 is 0 Å². The third-order valence-electron chi connectivity index (χ3n) is 4.57. The zero-order chi connectivity index (χ0) is 16.8. The van der Waals surface area contributed by atoms with Gasteiger partial charge in [-0.15, -0.1) is 0 Å². The van der Waals surface area contributed by atoms with Crippen molar-refractivity contribution < 1.29 is 12.8 Å². The fraction of sp³-hybridized carbons (Fsp3) is 0.294. The van der Waals surface area contributed by atoms with Crippen molar-refractivity contribution >= 4 is 9.84 Å². The van der Waals surface area contributed by atoms with E-state index >= 15 is 0 Å². The van der Waals surface area contributed by atoms with Gasteiger partial charge in [-0.05, 0) is 36.8 Å². The highest BCUT2D eigenvalue weighted by Crippen LogP contribution is 2.55. The van der Waals surface area contributed by atoms with E-state index in [1.54, 1.807) is 36.4 Å². The van der Waals surface area contributed by atoms with E-state index in [9.17, 15) is 12.8 Å². The molecule has 0 heterocycles. The fourth-order valence-electron chi connectivity index (χ4n) is 3.16. The molecule has 122 valence electrons. The van der Waals surface area contributed by atoms with E-state index in [4.69, 9.17) is 11.5 Å². The molecule has 2 aromatic rings. The summed E-state index contributed by atoms with van der Waals surface area (Å²) in [5.41, 5.74) is 12.7. The van der Waals surface area contributed by atoms with E-state index in [1.165, 1.54) is 12.1 Å². The molecule has 1 fully saturated rings. The third-order valence-corrected chi connectivity index (χ3v) is 6.88. The lowest BCUT2D eigenvalue weighted by Crippen LogP contribution is -2.39. The molecule has 1 aliphatic carbocycles. The van der Waals surface area contributed by atoms with Crippen LogP contribution < -0.4 is 11.5 Å². The van der Waals surface area contributed by atoms with Crippen LogP contribution in [0.25, 0.3) is 0 Å². The minimum absolute atomic E-state index is 0.0464. The molecule has 0 amide bonds. The molecule has 0 saturated heterocycles. The number of halogens is 1. The van der Waals surface area contributed by atoms with E-state index in [2.05, 4.69) is 0 Å². The molecule has 4 nitrogen and oxygen atoms in total. The van der Waals surface area contributed by atoms with Gasteiger partial charge in [-0.25, -0.2) is 12.8 Å². The van der Waals surface area contributed by atoms with Crippen LogP contribution in [0.2, 0.25) is 0 Å². The Balaban J connectivity index is 2.01. The molecule has 0 aromatic heterocycles. The van der Waals surface area contributed by atoms with E-state index in [0.717, 1.165) is 5.56 Å². The number of rotatable bonds is 4. The maximum Gasteiger partial charge on any atom is 0.183 e. The molecular weight excluding hydrogens is 315 g/mol. The van der Waals surface area contributed by atoms with E-state index in [-0.39, 0.29) is 17.3 Å². The number of benzene rings is 2. The van der Waals surface area contributed by atoms with Crippen molar-refractivity contribution in [2.45, 2.75) is 28.5 Å². The average molecular weight is 334 g/mol. The Labute approximate surface area is 135 Å². The predicted molar refractivity (Wildman–Crippen MR) is 87.3 cm³/mol. The van der Waals surface area contributed by atoms with Crippen LogP contribution in [0.1, 0.15) is 17.0 Å². The van der Waals surface area contributed by atoms with Crippen molar-refractivity contribution in [2.75, 3.05) is 6.54 Å². The molecular formula is C17H19FN2O2S. The number of sulfone groups is 1. The fourth-order valence-corrected chi connectivity index (χ4v) is 5.48. The van der Waals surface area contributed by atoms with Crippen LogP contribution in [0.4, 0.5) is 4.39 Å². The highest BCUT2D eigenvalue weighted by molar-refractivity contribution is 7.92. The highest BCUT2D eigenvalue weighted by atomic mass is 32.2. The topological polar surface area (TPSA) is 86.2 Å². The second kappa shape index (κ2) is 5.40. The Bertz CT molecular complexity index is 819. The van der Waals surface area contributed by atoms with Gasteiger partial charge in [0.25, 0.3) is 0 Å². The van der Waals surface area contributed by atoms with E-state index in [0.29, 0.717) is 5.56 Å². The van der Waals surface area contributed by atoms with Gasteiger partial charge < -0.3 is 11.5 Å². The molecule has 0 radical (unpaired) electrons. The Hall–Kier alpha value is -1.76. The van der Waals surface area contributed by atoms with Crippen LogP contribution in [0.3, 0.4) is 0 Å².